The van der Waals surface area contributed by atoms with Gasteiger partial charge in [0, 0.05) is 11.8 Å². The number of hydrogen-bond acceptors (Lipinski definition) is 5. The summed E-state index contributed by atoms with van der Waals surface area (Å²) in [4.78, 5) is 23.1. The van der Waals surface area contributed by atoms with Crippen molar-refractivity contribution in [1.29, 1.82) is 0 Å². The first-order chi connectivity index (χ1) is 11.6. The van der Waals surface area contributed by atoms with E-state index in [1.807, 2.05) is 24.3 Å². The maximum Gasteiger partial charge on any atom is 0.144 e. The van der Waals surface area contributed by atoms with E-state index in [0.717, 1.165) is 11.1 Å². The minimum Gasteiger partial charge on any atom is -0.508 e. The monoisotopic (exact) mass is 328 g/mol. The Morgan fingerprint density at radius 2 is 1.12 bits per heavy atom. The topological polar surface area (TPSA) is 76.0 Å². The number of phenolic OH excluding ortho intramolecular Hbond substituents is 2. The van der Waals surface area contributed by atoms with Gasteiger partial charge in [0.1, 0.15) is 17.3 Å². The number of Topliss-reactive ketones (excluding diaryl/α,β-unsaturated/α-hetero) is 1. The van der Waals surface area contributed by atoms with E-state index in [4.69, 9.17) is 9.78 Å². The molecule has 0 spiro atoms. The lowest BCUT2D eigenvalue weighted by atomic mass is 9.85. The van der Waals surface area contributed by atoms with E-state index >= 15 is 0 Å². The first-order valence-corrected chi connectivity index (χ1v) is 7.96. The number of hydrogen-bond donors (Lipinski definition) is 2. The zero-order valence-electron chi connectivity index (χ0n) is 13.2. The Hall–Kier alpha value is -2.37. The average molecular weight is 328 g/mol. The highest BCUT2D eigenvalue weighted by molar-refractivity contribution is 5.84. The van der Waals surface area contributed by atoms with E-state index in [1.165, 1.54) is 0 Å². The normalized spacial score (nSPS) is 21.4. The number of ketones is 1. The second-order valence-corrected chi connectivity index (χ2v) is 6.11. The number of aromatic hydroxyl groups is 2. The van der Waals surface area contributed by atoms with Gasteiger partial charge in [0.2, 0.25) is 0 Å². The van der Waals surface area contributed by atoms with Gasteiger partial charge in [-0.05, 0) is 48.2 Å². The number of rotatable bonds is 4. The number of benzene rings is 2. The number of carbonyl (C=O) groups excluding carboxylic acids is 1. The summed E-state index contributed by atoms with van der Waals surface area (Å²) in [5.74, 6) is -0.0292. The first kappa shape index (κ1) is 16.5. The molecule has 2 aromatic rings. The summed E-state index contributed by atoms with van der Waals surface area (Å²) in [6, 6.07) is 13.7. The molecule has 2 unspecified atom stereocenters. The van der Waals surface area contributed by atoms with Gasteiger partial charge in [-0.2, -0.15) is 0 Å². The highest BCUT2D eigenvalue weighted by Gasteiger charge is 2.31. The molecule has 2 atom stereocenters. The average Bonchev–Trinajstić information content (AvgIpc) is 2.75. The van der Waals surface area contributed by atoms with Crippen LogP contribution in [0.1, 0.15) is 11.1 Å². The highest BCUT2D eigenvalue weighted by Crippen LogP contribution is 2.23. The molecule has 5 nitrogen and oxygen atoms in total. The van der Waals surface area contributed by atoms with Crippen molar-refractivity contribution >= 4 is 5.78 Å². The van der Waals surface area contributed by atoms with E-state index in [0.29, 0.717) is 12.8 Å². The molecule has 0 aliphatic carbocycles. The lowest BCUT2D eigenvalue weighted by Crippen LogP contribution is -2.29. The van der Waals surface area contributed by atoms with Gasteiger partial charge in [0.05, 0.1) is 13.2 Å². The molecular formula is C19H20O5. The van der Waals surface area contributed by atoms with Crippen molar-refractivity contribution in [3.8, 4) is 11.5 Å². The van der Waals surface area contributed by atoms with Crippen LogP contribution < -0.4 is 0 Å². The molecule has 1 saturated heterocycles. The fraction of sp³-hybridized carbons (Fsp3) is 0.316. The molecule has 3 rings (SSSR count). The van der Waals surface area contributed by atoms with Gasteiger partial charge in [-0.3, -0.25) is 4.79 Å². The Kier molecular flexibility index (Phi) is 5.13. The highest BCUT2D eigenvalue weighted by atomic mass is 17.2. The van der Waals surface area contributed by atoms with E-state index in [-0.39, 0.29) is 42.3 Å². The van der Waals surface area contributed by atoms with E-state index < -0.39 is 0 Å². The Labute approximate surface area is 140 Å². The summed E-state index contributed by atoms with van der Waals surface area (Å²) in [6.45, 7) is 0.456. The van der Waals surface area contributed by atoms with Gasteiger partial charge in [0.15, 0.2) is 0 Å². The summed E-state index contributed by atoms with van der Waals surface area (Å²) < 4.78 is 0. The van der Waals surface area contributed by atoms with E-state index in [9.17, 15) is 15.0 Å². The standard InChI is InChI=1S/C19H20O5/c20-17-5-1-13(2-6-17)9-15-11-23-24-12-16(19(15)22)10-14-3-7-18(21)8-4-14/h1-8,15-16,20-21H,9-12H2. The molecule has 0 amide bonds. The van der Waals surface area contributed by atoms with Crippen LogP contribution in [0.15, 0.2) is 48.5 Å². The molecule has 1 aliphatic heterocycles. The van der Waals surface area contributed by atoms with Crippen LogP contribution >= 0.6 is 0 Å². The minimum atomic E-state index is -0.279. The second-order valence-electron chi connectivity index (χ2n) is 6.11. The summed E-state index contributed by atoms with van der Waals surface area (Å²) in [7, 11) is 0. The summed E-state index contributed by atoms with van der Waals surface area (Å²) in [5.41, 5.74) is 1.94. The molecule has 0 bridgehead atoms. The van der Waals surface area contributed by atoms with E-state index in [1.54, 1.807) is 24.3 Å². The van der Waals surface area contributed by atoms with Crippen molar-refractivity contribution in [3.63, 3.8) is 0 Å². The third-order valence-electron chi connectivity index (χ3n) is 4.26. The fourth-order valence-electron chi connectivity index (χ4n) is 2.91. The van der Waals surface area contributed by atoms with Gasteiger partial charge in [-0.25, -0.2) is 9.78 Å². The zero-order chi connectivity index (χ0) is 16.9. The summed E-state index contributed by atoms with van der Waals surface area (Å²) in [5, 5.41) is 18.7. The molecule has 1 aliphatic rings. The largest absolute Gasteiger partial charge is 0.508 e. The van der Waals surface area contributed by atoms with Crippen LogP contribution in [0.4, 0.5) is 0 Å². The lowest BCUT2D eigenvalue weighted by molar-refractivity contribution is -0.296. The zero-order valence-corrected chi connectivity index (χ0v) is 13.2. The molecular weight excluding hydrogens is 308 g/mol. The Balaban J connectivity index is 1.70. The molecule has 1 fully saturated rings. The third-order valence-corrected chi connectivity index (χ3v) is 4.26. The molecule has 0 saturated carbocycles. The molecule has 126 valence electrons. The Bertz CT molecular complexity index is 618. The van der Waals surface area contributed by atoms with Gasteiger partial charge >= 0.3 is 0 Å². The quantitative estimate of drug-likeness (QED) is 0.844. The van der Waals surface area contributed by atoms with Crippen molar-refractivity contribution in [2.24, 2.45) is 11.8 Å². The first-order valence-electron chi connectivity index (χ1n) is 7.96. The van der Waals surface area contributed by atoms with Crippen LogP contribution in [0.25, 0.3) is 0 Å². The predicted molar refractivity (Wildman–Crippen MR) is 87.5 cm³/mol. The van der Waals surface area contributed by atoms with Crippen molar-refractivity contribution in [3.05, 3.63) is 59.7 Å². The number of phenols is 2. The minimum absolute atomic E-state index is 0.119. The van der Waals surface area contributed by atoms with Gasteiger partial charge in [-0.15, -0.1) is 0 Å². The van der Waals surface area contributed by atoms with Gasteiger partial charge < -0.3 is 10.2 Å². The molecule has 24 heavy (non-hydrogen) atoms. The van der Waals surface area contributed by atoms with E-state index in [2.05, 4.69) is 0 Å². The molecule has 2 aromatic carbocycles. The van der Waals surface area contributed by atoms with Gasteiger partial charge in [-0.1, -0.05) is 24.3 Å². The lowest BCUT2D eigenvalue weighted by Gasteiger charge is -2.17. The molecule has 0 aromatic heterocycles. The second kappa shape index (κ2) is 7.47. The fourth-order valence-corrected chi connectivity index (χ4v) is 2.91. The van der Waals surface area contributed by atoms with Crippen molar-refractivity contribution in [2.45, 2.75) is 12.8 Å². The molecule has 2 N–H and O–H groups in total. The van der Waals surface area contributed by atoms with Crippen LogP contribution in [-0.4, -0.2) is 29.2 Å². The molecule has 1 heterocycles. The van der Waals surface area contributed by atoms with Crippen molar-refractivity contribution in [1.82, 2.24) is 0 Å². The van der Waals surface area contributed by atoms with Crippen molar-refractivity contribution in [2.75, 3.05) is 13.2 Å². The maximum absolute atomic E-state index is 12.8. The Morgan fingerprint density at radius 1 is 0.750 bits per heavy atom. The van der Waals surface area contributed by atoms with Crippen LogP contribution in [0.5, 0.6) is 11.5 Å². The Morgan fingerprint density at radius 3 is 1.50 bits per heavy atom. The maximum atomic E-state index is 12.8. The third kappa shape index (κ3) is 4.13. The van der Waals surface area contributed by atoms with Crippen LogP contribution in [0.2, 0.25) is 0 Å². The smallest absolute Gasteiger partial charge is 0.144 e. The van der Waals surface area contributed by atoms with Crippen LogP contribution in [0, 0.1) is 11.8 Å². The van der Waals surface area contributed by atoms with Crippen molar-refractivity contribution < 1.29 is 24.8 Å². The van der Waals surface area contributed by atoms with Crippen LogP contribution in [-0.2, 0) is 27.4 Å². The van der Waals surface area contributed by atoms with Gasteiger partial charge in [0.25, 0.3) is 0 Å². The number of carbonyl (C=O) groups is 1. The SMILES string of the molecule is O=C1C(Cc2ccc(O)cc2)COOCC1Cc1ccc(O)cc1. The molecule has 0 radical (unpaired) electrons. The summed E-state index contributed by atoms with van der Waals surface area (Å²) >= 11 is 0. The molecule has 5 heteroatoms. The summed E-state index contributed by atoms with van der Waals surface area (Å²) in [6.07, 6.45) is 1.10. The van der Waals surface area contributed by atoms with Crippen LogP contribution in [0.3, 0.4) is 0 Å². The predicted octanol–water partition coefficient (Wildman–Crippen LogP) is 2.65.